The number of carbonyl (C=O) groups excluding carboxylic acids is 1. The van der Waals surface area contributed by atoms with E-state index < -0.39 is 0 Å². The number of amides is 1. The number of morpholine rings is 1. The number of ether oxygens (including phenoxy) is 2. The maximum absolute atomic E-state index is 12.9. The molecule has 1 amide bonds. The summed E-state index contributed by atoms with van der Waals surface area (Å²) in [5.74, 6) is 0.531. The lowest BCUT2D eigenvalue weighted by molar-refractivity contribution is -0.113. The lowest BCUT2D eigenvalue weighted by Crippen LogP contribution is -2.47. The lowest BCUT2D eigenvalue weighted by Gasteiger charge is -2.35. The van der Waals surface area contributed by atoms with E-state index in [0.717, 1.165) is 33.4 Å². The molecule has 2 atom stereocenters. The molecular weight excluding hydrogens is 472 g/mol. The molecule has 0 saturated carbocycles. The minimum atomic E-state index is -0.228. The number of rotatable bonds is 6. The number of amidine groups is 1. The standard InChI is InChI=1S/C28H28N4O3S/c1-4-14-34-24-12-10-21(11-13-24)26-22(18-32(30-26)23-8-6-5-7-9-23)15-25-27(33)29-28(36-25)31-16-19(2)35-20(3)17-31/h4-13,15,18-20H,1,14,16-17H2,2-3H3/b25-15+/t19-,20-/m1/s1. The third kappa shape index (κ3) is 5.29. The molecule has 3 heterocycles. The van der Waals surface area contributed by atoms with Gasteiger partial charge in [-0.25, -0.2) is 4.68 Å². The first-order valence-corrected chi connectivity index (χ1v) is 12.7. The third-order valence-corrected chi connectivity index (χ3v) is 6.89. The van der Waals surface area contributed by atoms with Gasteiger partial charge < -0.3 is 14.4 Å². The van der Waals surface area contributed by atoms with Crippen LogP contribution in [0.4, 0.5) is 0 Å². The molecule has 1 aromatic heterocycles. The van der Waals surface area contributed by atoms with Crippen LogP contribution in [-0.2, 0) is 9.53 Å². The summed E-state index contributed by atoms with van der Waals surface area (Å²) in [6.07, 6.45) is 5.74. The van der Waals surface area contributed by atoms with Gasteiger partial charge in [-0.1, -0.05) is 30.9 Å². The minimum Gasteiger partial charge on any atom is -0.490 e. The zero-order valence-corrected chi connectivity index (χ0v) is 21.1. The lowest BCUT2D eigenvalue weighted by atomic mass is 10.1. The number of aliphatic imine (C=N–C) groups is 1. The molecule has 0 N–H and O–H groups in total. The second-order valence-electron chi connectivity index (χ2n) is 8.81. The van der Waals surface area contributed by atoms with Crippen molar-refractivity contribution in [1.29, 1.82) is 0 Å². The Kier molecular flexibility index (Phi) is 7.06. The number of aromatic nitrogens is 2. The van der Waals surface area contributed by atoms with E-state index in [4.69, 9.17) is 14.6 Å². The first-order chi connectivity index (χ1) is 17.5. The fraction of sp³-hybridized carbons (Fsp3) is 0.250. The summed E-state index contributed by atoms with van der Waals surface area (Å²) < 4.78 is 13.3. The van der Waals surface area contributed by atoms with Gasteiger partial charge in [0.25, 0.3) is 5.91 Å². The number of nitrogens with zero attached hydrogens (tertiary/aromatic N) is 4. The van der Waals surface area contributed by atoms with Gasteiger partial charge >= 0.3 is 0 Å². The monoisotopic (exact) mass is 500 g/mol. The van der Waals surface area contributed by atoms with Crippen LogP contribution in [0.3, 0.4) is 0 Å². The van der Waals surface area contributed by atoms with Crippen LogP contribution in [0, 0.1) is 0 Å². The minimum absolute atomic E-state index is 0.0920. The maximum Gasteiger partial charge on any atom is 0.286 e. The van der Waals surface area contributed by atoms with Crippen molar-refractivity contribution in [3.8, 4) is 22.7 Å². The molecule has 3 aromatic rings. The van der Waals surface area contributed by atoms with Crippen LogP contribution in [0.1, 0.15) is 19.4 Å². The SMILES string of the molecule is C=CCOc1ccc(-c2nn(-c3ccccc3)cc2/C=C2/SC(N3C[C@@H](C)O[C@H](C)C3)=NC2=O)cc1. The van der Waals surface area contributed by atoms with Crippen LogP contribution in [0.5, 0.6) is 5.75 Å². The highest BCUT2D eigenvalue weighted by Crippen LogP contribution is 2.34. The second-order valence-corrected chi connectivity index (χ2v) is 9.82. The average Bonchev–Trinajstić information content (AvgIpc) is 3.47. The van der Waals surface area contributed by atoms with E-state index in [0.29, 0.717) is 24.6 Å². The van der Waals surface area contributed by atoms with Crippen molar-refractivity contribution in [2.75, 3.05) is 19.7 Å². The van der Waals surface area contributed by atoms with Crippen LogP contribution >= 0.6 is 11.8 Å². The van der Waals surface area contributed by atoms with E-state index >= 15 is 0 Å². The molecule has 0 unspecified atom stereocenters. The molecule has 2 aliphatic heterocycles. The van der Waals surface area contributed by atoms with Crippen molar-refractivity contribution in [2.24, 2.45) is 4.99 Å². The Labute approximate surface area is 215 Å². The quantitative estimate of drug-likeness (QED) is 0.343. The number of carbonyl (C=O) groups is 1. The molecule has 7 nitrogen and oxygen atoms in total. The van der Waals surface area contributed by atoms with Crippen molar-refractivity contribution in [3.63, 3.8) is 0 Å². The maximum atomic E-state index is 12.9. The summed E-state index contributed by atoms with van der Waals surface area (Å²) in [5.41, 5.74) is 3.48. The van der Waals surface area contributed by atoms with E-state index in [9.17, 15) is 4.79 Å². The number of thioether (sulfide) groups is 1. The Morgan fingerprint density at radius 1 is 1.11 bits per heavy atom. The van der Waals surface area contributed by atoms with Gasteiger partial charge in [0.05, 0.1) is 28.5 Å². The zero-order chi connectivity index (χ0) is 25.1. The fourth-order valence-electron chi connectivity index (χ4n) is 4.30. The number of para-hydroxylation sites is 1. The smallest absolute Gasteiger partial charge is 0.286 e. The van der Waals surface area contributed by atoms with Crippen molar-refractivity contribution < 1.29 is 14.3 Å². The van der Waals surface area contributed by atoms with Crippen molar-refractivity contribution >= 4 is 28.9 Å². The van der Waals surface area contributed by atoms with Crippen LogP contribution < -0.4 is 4.74 Å². The summed E-state index contributed by atoms with van der Waals surface area (Å²) in [5, 5.41) is 5.60. The van der Waals surface area contributed by atoms with Gasteiger partial charge in [-0.3, -0.25) is 4.79 Å². The average molecular weight is 501 g/mol. The topological polar surface area (TPSA) is 68.9 Å². The predicted octanol–water partition coefficient (Wildman–Crippen LogP) is 5.18. The van der Waals surface area contributed by atoms with Crippen LogP contribution in [0.2, 0.25) is 0 Å². The summed E-state index contributed by atoms with van der Waals surface area (Å²) in [6, 6.07) is 17.7. The Morgan fingerprint density at radius 3 is 2.53 bits per heavy atom. The van der Waals surface area contributed by atoms with E-state index in [-0.39, 0.29) is 18.1 Å². The van der Waals surface area contributed by atoms with Gasteiger partial charge in [0, 0.05) is 30.4 Å². The molecular formula is C28H28N4O3S. The Balaban J connectivity index is 1.46. The van der Waals surface area contributed by atoms with Gasteiger partial charge in [-0.15, -0.1) is 0 Å². The summed E-state index contributed by atoms with van der Waals surface area (Å²) in [7, 11) is 0. The fourth-order valence-corrected chi connectivity index (χ4v) is 5.23. The van der Waals surface area contributed by atoms with Crippen molar-refractivity contribution in [1.82, 2.24) is 14.7 Å². The van der Waals surface area contributed by atoms with Gasteiger partial charge in [-0.2, -0.15) is 10.1 Å². The first kappa shape index (κ1) is 24.1. The third-order valence-electron chi connectivity index (χ3n) is 5.84. The Morgan fingerprint density at radius 2 is 1.83 bits per heavy atom. The van der Waals surface area contributed by atoms with Gasteiger partial charge in [0.2, 0.25) is 0 Å². The molecule has 184 valence electrons. The highest BCUT2D eigenvalue weighted by molar-refractivity contribution is 8.18. The van der Waals surface area contributed by atoms with Crippen molar-refractivity contribution in [3.05, 3.63) is 83.9 Å². The molecule has 2 aromatic carbocycles. The molecule has 8 heteroatoms. The largest absolute Gasteiger partial charge is 0.490 e. The molecule has 0 aliphatic carbocycles. The van der Waals surface area contributed by atoms with Crippen LogP contribution in [0.25, 0.3) is 23.0 Å². The molecule has 1 fully saturated rings. The van der Waals surface area contributed by atoms with Crippen LogP contribution in [0.15, 0.2) is 83.3 Å². The second kappa shape index (κ2) is 10.6. The van der Waals surface area contributed by atoms with E-state index in [2.05, 4.69) is 16.5 Å². The molecule has 0 bridgehead atoms. The summed E-state index contributed by atoms with van der Waals surface area (Å²) >= 11 is 1.41. The van der Waals surface area contributed by atoms with Crippen molar-refractivity contribution in [2.45, 2.75) is 26.1 Å². The Hall–Kier alpha value is -3.62. The van der Waals surface area contributed by atoms with Gasteiger partial charge in [0.15, 0.2) is 5.17 Å². The first-order valence-electron chi connectivity index (χ1n) is 11.9. The summed E-state index contributed by atoms with van der Waals surface area (Å²) in [6.45, 7) is 9.65. The number of hydrogen-bond acceptors (Lipinski definition) is 6. The molecule has 36 heavy (non-hydrogen) atoms. The number of benzene rings is 2. The molecule has 0 spiro atoms. The molecule has 2 aliphatic rings. The van der Waals surface area contributed by atoms with Gasteiger partial charge in [-0.05, 0) is 68.1 Å². The Bertz CT molecular complexity index is 1300. The normalized spacial score (nSPS) is 21.1. The molecule has 5 rings (SSSR count). The predicted molar refractivity (Wildman–Crippen MR) is 144 cm³/mol. The molecule has 1 saturated heterocycles. The van der Waals surface area contributed by atoms with E-state index in [1.165, 1.54) is 11.8 Å². The number of hydrogen-bond donors (Lipinski definition) is 0. The molecule has 0 radical (unpaired) electrons. The zero-order valence-electron chi connectivity index (χ0n) is 20.3. The highest BCUT2D eigenvalue weighted by atomic mass is 32.2. The highest BCUT2D eigenvalue weighted by Gasteiger charge is 2.31. The van der Waals surface area contributed by atoms with Gasteiger partial charge in [0.1, 0.15) is 12.4 Å². The van der Waals surface area contributed by atoms with E-state index in [1.807, 2.05) is 85.4 Å². The summed E-state index contributed by atoms with van der Waals surface area (Å²) in [4.78, 5) is 20.0. The van der Waals surface area contributed by atoms with Crippen LogP contribution in [-0.4, -0.2) is 57.7 Å². The van der Waals surface area contributed by atoms with E-state index in [1.54, 1.807) is 6.08 Å².